The molecule has 4 aromatic rings. The number of aromatic amines is 1. The molecule has 0 radical (unpaired) electrons. The summed E-state index contributed by atoms with van der Waals surface area (Å²) >= 11 is 13.0. The van der Waals surface area contributed by atoms with Crippen LogP contribution in [0.1, 0.15) is 10.4 Å². The molecule has 4 rings (SSSR count). The van der Waals surface area contributed by atoms with Crippen LogP contribution in [0.25, 0.3) is 22.2 Å². The first kappa shape index (κ1) is 16.1. The van der Waals surface area contributed by atoms with E-state index in [1.54, 1.807) is 0 Å². The van der Waals surface area contributed by atoms with Crippen molar-refractivity contribution in [2.75, 3.05) is 5.32 Å². The average Bonchev–Trinajstić information content (AvgIpc) is 3.23. The Morgan fingerprint density at radius 3 is 2.92 bits per heavy atom. The topological polar surface area (TPSA) is 70.7 Å². The number of rotatable bonds is 3. The summed E-state index contributed by atoms with van der Waals surface area (Å²) in [7, 11) is 0. The highest BCUT2D eigenvalue weighted by Gasteiger charge is 2.13. The van der Waals surface area contributed by atoms with E-state index in [4.69, 9.17) is 23.2 Å². The Labute approximate surface area is 156 Å². The Kier molecular flexibility index (Phi) is 4.17. The van der Waals surface area contributed by atoms with E-state index in [9.17, 15) is 4.79 Å². The van der Waals surface area contributed by atoms with Crippen molar-refractivity contribution in [3.63, 3.8) is 0 Å². The number of nitrogens with one attached hydrogen (secondary N) is 2. The first-order valence-corrected chi connectivity index (χ1v) is 8.90. The van der Waals surface area contributed by atoms with E-state index < -0.39 is 0 Å². The Bertz CT molecular complexity index is 1090. The number of hydrogen-bond donors (Lipinski definition) is 2. The van der Waals surface area contributed by atoms with Crippen molar-refractivity contribution in [2.24, 2.45) is 0 Å². The number of fused-ring (bicyclic) bond motifs is 1. The third kappa shape index (κ3) is 3.11. The molecule has 0 bridgehead atoms. The number of H-pyrrole nitrogens is 1. The van der Waals surface area contributed by atoms with Gasteiger partial charge < -0.3 is 4.98 Å². The van der Waals surface area contributed by atoms with Crippen molar-refractivity contribution in [1.29, 1.82) is 0 Å². The molecule has 0 saturated carbocycles. The van der Waals surface area contributed by atoms with Crippen molar-refractivity contribution in [2.45, 2.75) is 0 Å². The third-order valence-electron chi connectivity index (χ3n) is 3.65. The lowest BCUT2D eigenvalue weighted by Crippen LogP contribution is -2.12. The van der Waals surface area contributed by atoms with E-state index in [-0.39, 0.29) is 16.1 Å². The lowest BCUT2D eigenvalue weighted by atomic mass is 10.1. The molecule has 8 heteroatoms. The number of thiazole rings is 1. The van der Waals surface area contributed by atoms with Gasteiger partial charge in [0.15, 0.2) is 5.13 Å². The van der Waals surface area contributed by atoms with Gasteiger partial charge in [-0.1, -0.05) is 41.4 Å². The van der Waals surface area contributed by atoms with E-state index in [1.807, 2.05) is 35.8 Å². The van der Waals surface area contributed by atoms with Crippen molar-refractivity contribution >= 4 is 56.5 Å². The highest BCUT2D eigenvalue weighted by molar-refractivity contribution is 7.14. The maximum atomic E-state index is 12.3. The maximum Gasteiger partial charge on any atom is 0.259 e. The van der Waals surface area contributed by atoms with Crippen LogP contribution in [-0.2, 0) is 0 Å². The predicted molar refractivity (Wildman–Crippen MR) is 102 cm³/mol. The summed E-state index contributed by atoms with van der Waals surface area (Å²) in [4.78, 5) is 23.9. The zero-order valence-corrected chi connectivity index (χ0v) is 14.9. The molecular weight excluding hydrogens is 379 g/mol. The summed E-state index contributed by atoms with van der Waals surface area (Å²) in [6, 6.07) is 9.46. The van der Waals surface area contributed by atoms with Gasteiger partial charge in [-0.3, -0.25) is 10.1 Å². The summed E-state index contributed by atoms with van der Waals surface area (Å²) in [6.07, 6.45) is 3.28. The number of carbonyl (C=O) groups is 1. The number of anilines is 1. The summed E-state index contributed by atoms with van der Waals surface area (Å²) in [6.45, 7) is 0. The van der Waals surface area contributed by atoms with Crippen molar-refractivity contribution in [3.05, 3.63) is 63.8 Å². The molecule has 5 nitrogen and oxygen atoms in total. The van der Waals surface area contributed by atoms with Crippen LogP contribution in [0.4, 0.5) is 5.13 Å². The first-order valence-electron chi connectivity index (χ1n) is 7.26. The van der Waals surface area contributed by atoms with E-state index in [2.05, 4.69) is 20.3 Å². The highest BCUT2D eigenvalue weighted by Crippen LogP contribution is 2.31. The Hall–Kier alpha value is -2.41. The Morgan fingerprint density at radius 2 is 2.08 bits per heavy atom. The SMILES string of the molecule is O=C(Nc1nc(-c2c[nH]c3ccccc23)cs1)c1cnc(Cl)c(Cl)c1. The van der Waals surface area contributed by atoms with Crippen molar-refractivity contribution in [3.8, 4) is 11.3 Å². The van der Waals surface area contributed by atoms with Crippen LogP contribution in [-0.4, -0.2) is 20.9 Å². The summed E-state index contributed by atoms with van der Waals surface area (Å²) in [5.74, 6) is -0.342. The molecule has 0 unspecified atom stereocenters. The van der Waals surface area contributed by atoms with Crippen LogP contribution in [0.15, 0.2) is 48.1 Å². The minimum atomic E-state index is -0.342. The second-order valence-corrected chi connectivity index (χ2v) is 6.86. The van der Waals surface area contributed by atoms with E-state index >= 15 is 0 Å². The fourth-order valence-corrected chi connectivity index (χ4v) is 3.43. The lowest BCUT2D eigenvalue weighted by molar-refractivity contribution is 0.102. The molecule has 124 valence electrons. The summed E-state index contributed by atoms with van der Waals surface area (Å²) in [5.41, 5.74) is 3.14. The van der Waals surface area contributed by atoms with Gasteiger partial charge in [0.25, 0.3) is 5.91 Å². The minimum absolute atomic E-state index is 0.161. The van der Waals surface area contributed by atoms with Crippen LogP contribution in [0, 0.1) is 0 Å². The van der Waals surface area contributed by atoms with Crippen LogP contribution in [0.5, 0.6) is 0 Å². The molecule has 0 spiro atoms. The monoisotopic (exact) mass is 388 g/mol. The van der Waals surface area contributed by atoms with E-state index in [0.29, 0.717) is 10.7 Å². The molecular formula is C17H10Cl2N4OS. The maximum absolute atomic E-state index is 12.3. The van der Waals surface area contributed by atoms with Crippen LogP contribution >= 0.6 is 34.5 Å². The zero-order chi connectivity index (χ0) is 17.4. The summed E-state index contributed by atoms with van der Waals surface area (Å²) < 4.78 is 0. The molecule has 2 N–H and O–H groups in total. The molecule has 25 heavy (non-hydrogen) atoms. The van der Waals surface area contributed by atoms with Crippen LogP contribution in [0.2, 0.25) is 10.2 Å². The third-order valence-corrected chi connectivity index (χ3v) is 5.09. The zero-order valence-electron chi connectivity index (χ0n) is 12.6. The number of hydrogen-bond acceptors (Lipinski definition) is 4. The smallest absolute Gasteiger partial charge is 0.259 e. The molecule has 3 aromatic heterocycles. The predicted octanol–water partition coefficient (Wildman–Crippen LogP) is 5.25. The molecule has 1 aromatic carbocycles. The number of para-hydroxylation sites is 1. The number of pyridine rings is 1. The fourth-order valence-electron chi connectivity index (χ4n) is 2.45. The summed E-state index contributed by atoms with van der Waals surface area (Å²) in [5, 5.41) is 6.62. The largest absolute Gasteiger partial charge is 0.360 e. The van der Waals surface area contributed by atoms with Gasteiger partial charge in [0.2, 0.25) is 0 Å². The molecule has 0 fully saturated rings. The molecule has 3 heterocycles. The average molecular weight is 389 g/mol. The molecule has 0 atom stereocenters. The van der Waals surface area contributed by atoms with Gasteiger partial charge in [-0.25, -0.2) is 9.97 Å². The Balaban J connectivity index is 1.59. The van der Waals surface area contributed by atoms with Crippen LogP contribution < -0.4 is 5.32 Å². The van der Waals surface area contributed by atoms with Gasteiger partial charge in [-0.2, -0.15) is 0 Å². The molecule has 0 aliphatic rings. The van der Waals surface area contributed by atoms with Gasteiger partial charge in [-0.15, -0.1) is 11.3 Å². The number of carbonyl (C=O) groups excluding carboxylic acids is 1. The van der Waals surface area contributed by atoms with E-state index in [0.717, 1.165) is 22.2 Å². The second kappa shape index (κ2) is 6.48. The van der Waals surface area contributed by atoms with Crippen molar-refractivity contribution < 1.29 is 4.79 Å². The molecule has 0 saturated heterocycles. The van der Waals surface area contributed by atoms with Gasteiger partial charge in [-0.05, 0) is 12.1 Å². The molecule has 0 aliphatic heterocycles. The quantitative estimate of drug-likeness (QED) is 0.471. The fraction of sp³-hybridized carbons (Fsp3) is 0. The number of halogens is 2. The van der Waals surface area contributed by atoms with Gasteiger partial charge in [0, 0.05) is 34.2 Å². The molecule has 1 amide bonds. The van der Waals surface area contributed by atoms with Gasteiger partial charge in [0.1, 0.15) is 5.15 Å². The number of aromatic nitrogens is 3. The Morgan fingerprint density at radius 1 is 1.24 bits per heavy atom. The number of amides is 1. The number of benzene rings is 1. The van der Waals surface area contributed by atoms with Gasteiger partial charge >= 0.3 is 0 Å². The highest BCUT2D eigenvalue weighted by atomic mass is 35.5. The normalized spacial score (nSPS) is 11.0. The van der Waals surface area contributed by atoms with Crippen molar-refractivity contribution in [1.82, 2.24) is 15.0 Å². The molecule has 0 aliphatic carbocycles. The standard InChI is InChI=1S/C17H10Cl2N4OS/c18-12-5-9(6-21-15(12)19)16(24)23-17-22-14(8-25-17)11-7-20-13-4-2-1-3-10(11)13/h1-8,20H,(H,22,23,24). The minimum Gasteiger partial charge on any atom is -0.360 e. The first-order chi connectivity index (χ1) is 12.1. The van der Waals surface area contributed by atoms with Crippen LogP contribution in [0.3, 0.4) is 0 Å². The van der Waals surface area contributed by atoms with E-state index in [1.165, 1.54) is 23.6 Å². The van der Waals surface area contributed by atoms with Gasteiger partial charge in [0.05, 0.1) is 16.3 Å². The second-order valence-electron chi connectivity index (χ2n) is 5.24. The lowest BCUT2D eigenvalue weighted by Gasteiger charge is -2.02. The number of nitrogens with zero attached hydrogens (tertiary/aromatic N) is 2.